The van der Waals surface area contributed by atoms with Crippen molar-refractivity contribution in [3.8, 4) is 0 Å². The molecule has 0 aliphatic heterocycles. The quantitative estimate of drug-likeness (QED) is 0.618. The van der Waals surface area contributed by atoms with Crippen molar-refractivity contribution in [2.75, 3.05) is 0 Å². The molecule has 0 fully saturated rings. The summed E-state index contributed by atoms with van der Waals surface area (Å²) in [5, 5.41) is 17.3. The summed E-state index contributed by atoms with van der Waals surface area (Å²) in [4.78, 5) is 10.2. The second kappa shape index (κ2) is 4.28. The van der Waals surface area contributed by atoms with Crippen molar-refractivity contribution in [3.63, 3.8) is 0 Å². The van der Waals surface area contributed by atoms with E-state index in [2.05, 4.69) is 0 Å². The summed E-state index contributed by atoms with van der Waals surface area (Å²) in [6.45, 7) is 3.70. The summed E-state index contributed by atoms with van der Waals surface area (Å²) in [5.74, 6) is -1.26. The molecule has 0 spiro atoms. The fourth-order valence-electron chi connectivity index (χ4n) is 0.857. The van der Waals surface area contributed by atoms with Gasteiger partial charge in [0.1, 0.15) is 0 Å². The Hall–Kier alpha value is -0.570. The molecule has 0 heterocycles. The summed E-state index contributed by atoms with van der Waals surface area (Å²) >= 11 is 0. The normalized spacial score (nSPS) is 16.3. The minimum atomic E-state index is -1.19. The Morgan fingerprint density at radius 1 is 1.60 bits per heavy atom. The molecule has 0 rings (SSSR count). The highest BCUT2D eigenvalue weighted by atomic mass is 16.4. The van der Waals surface area contributed by atoms with Crippen molar-refractivity contribution < 1.29 is 15.0 Å². The van der Waals surface area contributed by atoms with Crippen molar-refractivity contribution in [2.45, 2.75) is 32.8 Å². The first kappa shape index (κ1) is 9.43. The Morgan fingerprint density at radius 3 is 2.40 bits per heavy atom. The van der Waals surface area contributed by atoms with Gasteiger partial charge in [-0.15, -0.1) is 0 Å². The van der Waals surface area contributed by atoms with Crippen molar-refractivity contribution in [1.82, 2.24) is 0 Å². The predicted molar refractivity (Wildman–Crippen MR) is 37.7 cm³/mol. The zero-order valence-electron chi connectivity index (χ0n) is 6.37. The lowest BCUT2D eigenvalue weighted by Crippen LogP contribution is -2.27. The Labute approximate surface area is 60.7 Å². The molecule has 10 heavy (non-hydrogen) atoms. The maximum Gasteiger partial charge on any atom is 0.332 e. The lowest BCUT2D eigenvalue weighted by Gasteiger charge is -2.12. The van der Waals surface area contributed by atoms with E-state index in [9.17, 15) is 4.79 Å². The molecule has 0 aliphatic rings. The summed E-state index contributed by atoms with van der Waals surface area (Å²) in [5.41, 5.74) is 0. The van der Waals surface area contributed by atoms with Crippen molar-refractivity contribution in [2.24, 2.45) is 5.92 Å². The molecule has 0 aliphatic carbocycles. The van der Waals surface area contributed by atoms with Gasteiger partial charge >= 0.3 is 5.97 Å². The molecule has 0 bridgehead atoms. The molecule has 0 aromatic heterocycles. The van der Waals surface area contributed by atoms with Crippen LogP contribution in [0.5, 0.6) is 0 Å². The highest BCUT2D eigenvalue weighted by Gasteiger charge is 2.19. The van der Waals surface area contributed by atoms with Crippen molar-refractivity contribution >= 4 is 5.97 Å². The standard InChI is InChI=1S/C7H14O3/c1-3-4-5(2)6(8)7(9)10/h5-6,8H,3-4H2,1-2H3,(H,9,10)/t5-,6-/m0/s1. The first-order valence-electron chi connectivity index (χ1n) is 3.50. The van der Waals surface area contributed by atoms with Gasteiger partial charge in [0.25, 0.3) is 0 Å². The van der Waals surface area contributed by atoms with Gasteiger partial charge in [-0.1, -0.05) is 20.3 Å². The Bertz CT molecular complexity index is 111. The molecule has 0 saturated heterocycles. The number of aliphatic hydroxyl groups excluding tert-OH is 1. The fraction of sp³-hybridized carbons (Fsp3) is 0.857. The maximum atomic E-state index is 10.2. The van der Waals surface area contributed by atoms with E-state index >= 15 is 0 Å². The van der Waals surface area contributed by atoms with Crippen molar-refractivity contribution in [1.29, 1.82) is 0 Å². The van der Waals surface area contributed by atoms with E-state index in [4.69, 9.17) is 10.2 Å². The Balaban J connectivity index is 3.69. The van der Waals surface area contributed by atoms with Crippen LogP contribution in [0.1, 0.15) is 26.7 Å². The SMILES string of the molecule is CCC[C@H](C)[C@H](O)C(=O)O. The molecule has 0 saturated carbocycles. The van der Waals surface area contributed by atoms with Crippen molar-refractivity contribution in [3.05, 3.63) is 0 Å². The first-order chi connectivity index (χ1) is 4.59. The van der Waals surface area contributed by atoms with Gasteiger partial charge in [-0.3, -0.25) is 0 Å². The number of aliphatic hydroxyl groups is 1. The van der Waals surface area contributed by atoms with E-state index in [1.807, 2.05) is 6.92 Å². The van der Waals surface area contributed by atoms with E-state index in [0.717, 1.165) is 12.8 Å². The lowest BCUT2D eigenvalue weighted by molar-refractivity contribution is -0.149. The van der Waals surface area contributed by atoms with Crippen LogP contribution < -0.4 is 0 Å². The van der Waals surface area contributed by atoms with Gasteiger partial charge in [0.15, 0.2) is 6.10 Å². The zero-order valence-corrected chi connectivity index (χ0v) is 6.37. The number of hydrogen-bond donors (Lipinski definition) is 2. The molecule has 2 atom stereocenters. The maximum absolute atomic E-state index is 10.2. The zero-order chi connectivity index (χ0) is 8.15. The lowest BCUT2D eigenvalue weighted by atomic mass is 10.00. The van der Waals surface area contributed by atoms with Gasteiger partial charge in [0.05, 0.1) is 0 Å². The topological polar surface area (TPSA) is 57.5 Å². The molecule has 3 nitrogen and oxygen atoms in total. The van der Waals surface area contributed by atoms with Crippen LogP contribution >= 0.6 is 0 Å². The van der Waals surface area contributed by atoms with Crippen LogP contribution in [0.2, 0.25) is 0 Å². The van der Waals surface area contributed by atoms with Gasteiger partial charge in [0.2, 0.25) is 0 Å². The van der Waals surface area contributed by atoms with E-state index in [-0.39, 0.29) is 5.92 Å². The number of carboxylic acids is 1. The molecule has 0 aromatic rings. The molecular formula is C7H14O3. The third-order valence-electron chi connectivity index (χ3n) is 1.54. The van der Waals surface area contributed by atoms with Crippen LogP contribution in [0.25, 0.3) is 0 Å². The molecule has 60 valence electrons. The molecular weight excluding hydrogens is 132 g/mol. The van der Waals surface area contributed by atoms with E-state index in [0.29, 0.717) is 0 Å². The van der Waals surface area contributed by atoms with Gasteiger partial charge in [-0.05, 0) is 12.3 Å². The predicted octanol–water partition coefficient (Wildman–Crippen LogP) is 0.868. The summed E-state index contributed by atoms with van der Waals surface area (Å²) in [6, 6.07) is 0. The molecule has 3 heteroatoms. The number of carbonyl (C=O) groups is 1. The van der Waals surface area contributed by atoms with Crippen LogP contribution in [0.3, 0.4) is 0 Å². The monoisotopic (exact) mass is 146 g/mol. The third-order valence-corrected chi connectivity index (χ3v) is 1.54. The largest absolute Gasteiger partial charge is 0.479 e. The van der Waals surface area contributed by atoms with Crippen LogP contribution in [-0.2, 0) is 4.79 Å². The van der Waals surface area contributed by atoms with Crippen LogP contribution in [0.15, 0.2) is 0 Å². The smallest absolute Gasteiger partial charge is 0.332 e. The highest BCUT2D eigenvalue weighted by molar-refractivity contribution is 5.72. The van der Waals surface area contributed by atoms with Gasteiger partial charge < -0.3 is 10.2 Å². The van der Waals surface area contributed by atoms with Gasteiger partial charge in [0, 0.05) is 0 Å². The fourth-order valence-corrected chi connectivity index (χ4v) is 0.857. The molecule has 0 unspecified atom stereocenters. The Morgan fingerprint density at radius 2 is 2.10 bits per heavy atom. The molecule has 2 N–H and O–H groups in total. The number of carboxylic acid groups (broad SMARTS) is 1. The van der Waals surface area contributed by atoms with Gasteiger partial charge in [-0.2, -0.15) is 0 Å². The Kier molecular flexibility index (Phi) is 4.03. The van der Waals surface area contributed by atoms with E-state index in [1.165, 1.54) is 0 Å². The second-order valence-electron chi connectivity index (χ2n) is 2.55. The van der Waals surface area contributed by atoms with E-state index < -0.39 is 12.1 Å². The molecule has 0 amide bonds. The van der Waals surface area contributed by atoms with Crippen LogP contribution in [-0.4, -0.2) is 22.3 Å². The summed E-state index contributed by atoms with van der Waals surface area (Å²) in [6.07, 6.45) is 0.471. The minimum Gasteiger partial charge on any atom is -0.479 e. The number of rotatable bonds is 4. The summed E-state index contributed by atoms with van der Waals surface area (Å²) in [7, 11) is 0. The second-order valence-corrected chi connectivity index (χ2v) is 2.55. The summed E-state index contributed by atoms with van der Waals surface area (Å²) < 4.78 is 0. The van der Waals surface area contributed by atoms with Crippen LogP contribution in [0, 0.1) is 5.92 Å². The highest BCUT2D eigenvalue weighted by Crippen LogP contribution is 2.09. The van der Waals surface area contributed by atoms with Crippen LogP contribution in [0.4, 0.5) is 0 Å². The average Bonchev–Trinajstić information content (AvgIpc) is 1.87. The molecule has 0 radical (unpaired) electrons. The number of aliphatic carboxylic acids is 1. The first-order valence-corrected chi connectivity index (χ1v) is 3.50. The number of hydrogen-bond acceptors (Lipinski definition) is 2. The third kappa shape index (κ3) is 2.82. The minimum absolute atomic E-state index is 0.137. The van der Waals surface area contributed by atoms with Gasteiger partial charge in [-0.25, -0.2) is 4.79 Å². The molecule has 0 aromatic carbocycles. The average molecular weight is 146 g/mol. The van der Waals surface area contributed by atoms with E-state index in [1.54, 1.807) is 6.92 Å².